The van der Waals surface area contributed by atoms with E-state index in [1.807, 2.05) is 52.3 Å². The molecule has 2 aliphatic heterocycles. The number of piperazine rings is 1. The summed E-state index contributed by atoms with van der Waals surface area (Å²) in [5.41, 5.74) is 4.90. The lowest BCUT2D eigenvalue weighted by Crippen LogP contribution is -2.51. The number of rotatable bonds is 6. The molecule has 0 saturated carbocycles. The summed E-state index contributed by atoms with van der Waals surface area (Å²) in [5, 5.41) is 15.0. The molecule has 1 fully saturated rings. The van der Waals surface area contributed by atoms with Gasteiger partial charge < -0.3 is 15.1 Å². The van der Waals surface area contributed by atoms with Gasteiger partial charge in [0.2, 0.25) is 5.91 Å². The summed E-state index contributed by atoms with van der Waals surface area (Å²) in [4.78, 5) is 45.2. The van der Waals surface area contributed by atoms with Crippen molar-refractivity contribution >= 4 is 28.8 Å². The number of hydrogen-bond acceptors (Lipinski definition) is 7. The number of nitrogens with zero attached hydrogens (tertiary/aromatic N) is 4. The number of carbonyl (C=O) groups is 2. The Bertz CT molecular complexity index is 1560. The number of non-ortho nitro benzene ring substituents is 1. The molecule has 222 valence electrons. The standard InChI is InChI=1S/C34H37N5O4/c1-34(2)20-28-32(30(40)21-34)33(25-12-14-26(15-13-25)39(42)43)38(29-11-7-6-10-27(29)35-28)23-31(41)37-18-16-36(17-19-37)22-24-8-4-3-5-9-24/h3-15,33,35H,16-23H2,1-2H3. The average molecular weight is 580 g/mol. The SMILES string of the molecule is CC1(C)CC(=O)C2=C(C1)Nc1ccccc1N(CC(=O)N1CCN(Cc3ccccc3)CC1)C2c1ccc([N+](=O)[O-])cc1. The molecule has 1 saturated heterocycles. The molecule has 0 radical (unpaired) electrons. The van der Waals surface area contributed by atoms with Crippen molar-refractivity contribution in [2.75, 3.05) is 42.9 Å². The minimum atomic E-state index is -0.570. The summed E-state index contributed by atoms with van der Waals surface area (Å²) >= 11 is 0. The molecule has 3 aromatic rings. The van der Waals surface area contributed by atoms with Gasteiger partial charge in [-0.1, -0.05) is 56.3 Å². The Hall–Kier alpha value is -4.50. The van der Waals surface area contributed by atoms with Crippen molar-refractivity contribution in [1.82, 2.24) is 9.80 Å². The van der Waals surface area contributed by atoms with Crippen molar-refractivity contribution in [2.24, 2.45) is 5.41 Å². The highest BCUT2D eigenvalue weighted by Crippen LogP contribution is 2.48. The van der Waals surface area contributed by atoms with Crippen LogP contribution in [0, 0.1) is 15.5 Å². The maximum atomic E-state index is 14.0. The fourth-order valence-electron chi connectivity index (χ4n) is 6.59. The summed E-state index contributed by atoms with van der Waals surface area (Å²) in [6, 6.07) is 24.0. The molecule has 1 unspecified atom stereocenters. The number of amides is 1. The number of ketones is 1. The van der Waals surface area contributed by atoms with Crippen LogP contribution in [0.1, 0.15) is 43.9 Å². The Morgan fingerprint density at radius 1 is 0.930 bits per heavy atom. The third kappa shape index (κ3) is 6.03. The van der Waals surface area contributed by atoms with Gasteiger partial charge in [0.15, 0.2) is 5.78 Å². The van der Waals surface area contributed by atoms with Crippen LogP contribution in [0.4, 0.5) is 17.1 Å². The first kappa shape index (κ1) is 28.6. The van der Waals surface area contributed by atoms with Crippen LogP contribution in [0.3, 0.4) is 0 Å². The molecule has 9 nitrogen and oxygen atoms in total. The quantitative estimate of drug-likeness (QED) is 0.302. The van der Waals surface area contributed by atoms with E-state index < -0.39 is 11.0 Å². The first-order valence-corrected chi connectivity index (χ1v) is 14.9. The van der Waals surface area contributed by atoms with E-state index in [0.29, 0.717) is 31.5 Å². The molecule has 1 aliphatic carbocycles. The van der Waals surface area contributed by atoms with E-state index in [0.717, 1.165) is 42.3 Å². The first-order chi connectivity index (χ1) is 20.7. The van der Waals surface area contributed by atoms with E-state index >= 15 is 0 Å². The topological polar surface area (TPSA) is 99.0 Å². The largest absolute Gasteiger partial charge is 0.357 e. The fraction of sp³-hybridized carbons (Fsp3) is 0.353. The molecule has 0 bridgehead atoms. The number of para-hydroxylation sites is 2. The van der Waals surface area contributed by atoms with Gasteiger partial charge in [-0.15, -0.1) is 0 Å². The normalized spacial score (nSPS) is 20.1. The molecule has 9 heteroatoms. The highest BCUT2D eigenvalue weighted by molar-refractivity contribution is 6.02. The maximum Gasteiger partial charge on any atom is 0.269 e. The van der Waals surface area contributed by atoms with Gasteiger partial charge in [-0.2, -0.15) is 0 Å². The summed E-state index contributed by atoms with van der Waals surface area (Å²) in [6.45, 7) is 7.93. The first-order valence-electron chi connectivity index (χ1n) is 14.9. The van der Waals surface area contributed by atoms with Crippen LogP contribution in [-0.2, 0) is 16.1 Å². The lowest BCUT2D eigenvalue weighted by molar-refractivity contribution is -0.384. The third-order valence-corrected chi connectivity index (χ3v) is 8.70. The van der Waals surface area contributed by atoms with Crippen molar-refractivity contribution in [2.45, 2.75) is 39.3 Å². The minimum absolute atomic E-state index is 0.00582. The predicted octanol–water partition coefficient (Wildman–Crippen LogP) is 5.56. The molecule has 43 heavy (non-hydrogen) atoms. The molecule has 1 amide bonds. The second-order valence-electron chi connectivity index (χ2n) is 12.5. The summed E-state index contributed by atoms with van der Waals surface area (Å²) < 4.78 is 0. The van der Waals surface area contributed by atoms with Gasteiger partial charge in [0.05, 0.1) is 28.9 Å². The van der Waals surface area contributed by atoms with Crippen molar-refractivity contribution in [3.63, 3.8) is 0 Å². The number of Topliss-reactive ketones (excluding diaryl/α,β-unsaturated/α-hetero) is 1. The van der Waals surface area contributed by atoms with Crippen LogP contribution in [0.25, 0.3) is 0 Å². The molecule has 3 aromatic carbocycles. The van der Waals surface area contributed by atoms with Crippen LogP contribution in [0.15, 0.2) is 90.1 Å². The monoisotopic (exact) mass is 579 g/mol. The van der Waals surface area contributed by atoms with Crippen molar-refractivity contribution in [3.8, 4) is 0 Å². The Labute approximate surface area is 251 Å². The summed E-state index contributed by atoms with van der Waals surface area (Å²) in [7, 11) is 0. The van der Waals surface area contributed by atoms with Gasteiger partial charge in [0, 0.05) is 62.5 Å². The zero-order chi connectivity index (χ0) is 30.1. The number of nitrogens with one attached hydrogen (secondary N) is 1. The fourth-order valence-corrected chi connectivity index (χ4v) is 6.59. The zero-order valence-corrected chi connectivity index (χ0v) is 24.7. The summed E-state index contributed by atoms with van der Waals surface area (Å²) in [6.07, 6.45) is 1.07. The maximum absolute atomic E-state index is 14.0. The number of benzene rings is 3. The molecule has 1 atom stereocenters. The lowest BCUT2D eigenvalue weighted by atomic mass is 9.73. The van der Waals surface area contributed by atoms with Crippen LogP contribution in [0.2, 0.25) is 0 Å². The Kier molecular flexibility index (Phi) is 7.75. The number of fused-ring (bicyclic) bond motifs is 1. The number of allylic oxidation sites excluding steroid dienone is 1. The highest BCUT2D eigenvalue weighted by Gasteiger charge is 2.42. The van der Waals surface area contributed by atoms with Gasteiger partial charge in [-0.25, -0.2) is 0 Å². The molecular formula is C34H37N5O4. The van der Waals surface area contributed by atoms with Gasteiger partial charge in [0.1, 0.15) is 0 Å². The number of nitro benzene ring substituents is 1. The van der Waals surface area contributed by atoms with Gasteiger partial charge in [0.25, 0.3) is 5.69 Å². The molecule has 0 aromatic heterocycles. The van der Waals surface area contributed by atoms with E-state index in [9.17, 15) is 19.7 Å². The van der Waals surface area contributed by atoms with E-state index in [-0.39, 0.29) is 29.3 Å². The number of carbonyl (C=O) groups excluding carboxylic acids is 2. The molecule has 0 spiro atoms. The van der Waals surface area contributed by atoms with Gasteiger partial charge in [-0.3, -0.25) is 24.6 Å². The molecular weight excluding hydrogens is 542 g/mol. The Morgan fingerprint density at radius 3 is 2.30 bits per heavy atom. The van der Waals surface area contributed by atoms with Crippen molar-refractivity contribution in [3.05, 3.63) is 111 Å². The Morgan fingerprint density at radius 2 is 1.60 bits per heavy atom. The average Bonchev–Trinajstić information content (AvgIpc) is 3.12. The van der Waals surface area contributed by atoms with Crippen LogP contribution in [0.5, 0.6) is 0 Å². The van der Waals surface area contributed by atoms with E-state index in [1.165, 1.54) is 17.7 Å². The van der Waals surface area contributed by atoms with Crippen molar-refractivity contribution < 1.29 is 14.5 Å². The molecule has 6 rings (SSSR count). The highest BCUT2D eigenvalue weighted by atomic mass is 16.6. The second kappa shape index (κ2) is 11.6. The number of hydrogen-bond donors (Lipinski definition) is 1. The molecule has 1 N–H and O–H groups in total. The molecule has 2 heterocycles. The third-order valence-electron chi connectivity index (χ3n) is 8.70. The number of anilines is 2. The van der Waals surface area contributed by atoms with Gasteiger partial charge >= 0.3 is 0 Å². The Balaban J connectivity index is 1.33. The van der Waals surface area contributed by atoms with Crippen LogP contribution < -0.4 is 10.2 Å². The van der Waals surface area contributed by atoms with Crippen molar-refractivity contribution in [1.29, 1.82) is 0 Å². The van der Waals surface area contributed by atoms with E-state index in [4.69, 9.17) is 0 Å². The minimum Gasteiger partial charge on any atom is -0.357 e. The van der Waals surface area contributed by atoms with Crippen LogP contribution in [-0.4, -0.2) is 59.1 Å². The second-order valence-corrected chi connectivity index (χ2v) is 12.5. The summed E-state index contributed by atoms with van der Waals surface area (Å²) in [5.74, 6) is 0.0237. The van der Waals surface area contributed by atoms with Gasteiger partial charge in [-0.05, 0) is 47.2 Å². The van der Waals surface area contributed by atoms with Crippen LogP contribution >= 0.6 is 0 Å². The molecule has 3 aliphatic rings. The van der Waals surface area contributed by atoms with E-state index in [2.05, 4.69) is 36.2 Å². The van der Waals surface area contributed by atoms with E-state index in [1.54, 1.807) is 12.1 Å². The number of nitro groups is 1. The lowest BCUT2D eigenvalue weighted by Gasteiger charge is -2.40. The zero-order valence-electron chi connectivity index (χ0n) is 24.7. The predicted molar refractivity (Wildman–Crippen MR) is 167 cm³/mol. The smallest absolute Gasteiger partial charge is 0.269 e.